The van der Waals surface area contributed by atoms with Gasteiger partial charge in [-0.25, -0.2) is 0 Å². The fourth-order valence-electron chi connectivity index (χ4n) is 2.45. The molecule has 0 unspecified atom stereocenters. The monoisotopic (exact) mass is 286 g/mol. The predicted octanol–water partition coefficient (Wildman–Crippen LogP) is 5.18. The molecule has 21 heavy (non-hydrogen) atoms. The van der Waals surface area contributed by atoms with Gasteiger partial charge in [0.25, 0.3) is 0 Å². The molecular weight excluding hydrogens is 260 g/mol. The van der Waals surface area contributed by atoms with Gasteiger partial charge in [0.1, 0.15) is 17.1 Å². The van der Waals surface area contributed by atoms with Crippen molar-refractivity contribution in [2.24, 2.45) is 11.8 Å². The molecule has 114 valence electrons. The van der Waals surface area contributed by atoms with E-state index < -0.39 is 0 Å². The van der Waals surface area contributed by atoms with Crippen LogP contribution in [0.25, 0.3) is 11.0 Å². The summed E-state index contributed by atoms with van der Waals surface area (Å²) in [4.78, 5) is 11.8. The van der Waals surface area contributed by atoms with E-state index in [-0.39, 0.29) is 11.7 Å². The Hall–Kier alpha value is -1.57. The Balaban J connectivity index is 2.07. The summed E-state index contributed by atoms with van der Waals surface area (Å²) in [6.07, 6.45) is 3.88. The van der Waals surface area contributed by atoms with Crippen LogP contribution in [-0.2, 0) is 17.6 Å². The second-order valence-corrected chi connectivity index (χ2v) is 6.67. The first kappa shape index (κ1) is 15.8. The lowest BCUT2D eigenvalue weighted by molar-refractivity contribution is -0.121. The highest BCUT2D eigenvalue weighted by Crippen LogP contribution is 2.23. The number of furan rings is 1. The van der Waals surface area contributed by atoms with Crippen molar-refractivity contribution in [2.75, 3.05) is 0 Å². The molecule has 0 fully saturated rings. The molecule has 0 aliphatic carbocycles. The van der Waals surface area contributed by atoms with E-state index in [4.69, 9.17) is 4.42 Å². The fraction of sp³-hybridized carbons (Fsp3) is 0.526. The number of Topliss-reactive ketones (excluding diaryl/α,β-unsaturated/α-hetero) is 1. The minimum Gasteiger partial charge on any atom is -0.461 e. The van der Waals surface area contributed by atoms with E-state index in [1.807, 2.05) is 26.0 Å². The zero-order chi connectivity index (χ0) is 15.4. The van der Waals surface area contributed by atoms with Crippen LogP contribution in [0, 0.1) is 11.8 Å². The molecule has 0 bridgehead atoms. The van der Waals surface area contributed by atoms with Crippen LogP contribution in [0.4, 0.5) is 0 Å². The molecule has 2 nitrogen and oxygen atoms in total. The van der Waals surface area contributed by atoms with E-state index in [0.29, 0.717) is 6.42 Å². The van der Waals surface area contributed by atoms with Crippen molar-refractivity contribution >= 4 is 16.8 Å². The van der Waals surface area contributed by atoms with Gasteiger partial charge in [0.2, 0.25) is 0 Å². The van der Waals surface area contributed by atoms with Gasteiger partial charge in [-0.2, -0.15) is 0 Å². The summed E-state index contributed by atoms with van der Waals surface area (Å²) in [5.74, 6) is 2.16. The van der Waals surface area contributed by atoms with Crippen molar-refractivity contribution < 1.29 is 9.21 Å². The number of hydrogen-bond donors (Lipinski definition) is 0. The van der Waals surface area contributed by atoms with E-state index in [2.05, 4.69) is 26.0 Å². The zero-order valence-corrected chi connectivity index (χ0v) is 13.6. The number of aryl methyl sites for hydroxylation is 1. The van der Waals surface area contributed by atoms with E-state index in [1.54, 1.807) is 0 Å². The van der Waals surface area contributed by atoms with Gasteiger partial charge in [0.05, 0.1) is 0 Å². The van der Waals surface area contributed by atoms with Gasteiger partial charge in [-0.1, -0.05) is 46.2 Å². The molecule has 0 N–H and O–H groups in total. The molecule has 0 spiro atoms. The van der Waals surface area contributed by atoms with E-state index in [1.165, 1.54) is 6.42 Å². The van der Waals surface area contributed by atoms with Crippen LogP contribution in [-0.4, -0.2) is 5.78 Å². The Bertz CT molecular complexity index is 605. The Labute approximate surface area is 127 Å². The predicted molar refractivity (Wildman–Crippen MR) is 87.5 cm³/mol. The molecular formula is C19H26O2. The number of rotatable bonds is 7. The van der Waals surface area contributed by atoms with Gasteiger partial charge in [0, 0.05) is 24.1 Å². The molecule has 0 saturated heterocycles. The maximum absolute atomic E-state index is 11.8. The highest BCUT2D eigenvalue weighted by Gasteiger charge is 2.10. The lowest BCUT2D eigenvalue weighted by atomic mass is 10.0. The minimum atomic E-state index is 0.0869. The first-order valence-corrected chi connectivity index (χ1v) is 7.99. The van der Waals surface area contributed by atoms with Crippen molar-refractivity contribution in [2.45, 2.75) is 53.4 Å². The summed E-state index contributed by atoms with van der Waals surface area (Å²) in [6.45, 7) is 8.38. The lowest BCUT2D eigenvalue weighted by Crippen LogP contribution is -2.09. The van der Waals surface area contributed by atoms with E-state index in [9.17, 15) is 4.79 Å². The highest BCUT2D eigenvalue weighted by atomic mass is 16.3. The summed E-state index contributed by atoms with van der Waals surface area (Å²) < 4.78 is 5.92. The Morgan fingerprint density at radius 3 is 2.57 bits per heavy atom. The van der Waals surface area contributed by atoms with Crippen LogP contribution >= 0.6 is 0 Å². The first-order valence-electron chi connectivity index (χ1n) is 7.99. The quantitative estimate of drug-likeness (QED) is 0.702. The number of benzene rings is 1. The summed E-state index contributed by atoms with van der Waals surface area (Å²) in [5, 5.41) is 1.13. The van der Waals surface area contributed by atoms with Crippen molar-refractivity contribution in [3.8, 4) is 0 Å². The summed E-state index contributed by atoms with van der Waals surface area (Å²) in [5.41, 5.74) is 1.95. The van der Waals surface area contributed by atoms with Crippen molar-refractivity contribution in [3.63, 3.8) is 0 Å². The van der Waals surface area contributed by atoms with Crippen LogP contribution < -0.4 is 0 Å². The standard InChI is InChI=1S/C19H26O2/c1-13(2)6-5-7-17-12-16-9-8-15(11-19(16)21-17)10-18(20)14(3)4/h8-9,11-14H,5-7,10H2,1-4H3. The smallest absolute Gasteiger partial charge is 0.139 e. The van der Waals surface area contributed by atoms with Crippen LogP contribution in [0.1, 0.15) is 51.9 Å². The fourth-order valence-corrected chi connectivity index (χ4v) is 2.45. The first-order chi connectivity index (χ1) is 9.95. The lowest BCUT2D eigenvalue weighted by Gasteiger charge is -2.03. The highest BCUT2D eigenvalue weighted by molar-refractivity contribution is 5.85. The Morgan fingerprint density at radius 1 is 1.14 bits per heavy atom. The largest absolute Gasteiger partial charge is 0.461 e. The van der Waals surface area contributed by atoms with Gasteiger partial charge in [-0.15, -0.1) is 0 Å². The van der Waals surface area contributed by atoms with Crippen LogP contribution in [0.15, 0.2) is 28.7 Å². The third kappa shape index (κ3) is 4.45. The second kappa shape index (κ2) is 6.93. The van der Waals surface area contributed by atoms with E-state index >= 15 is 0 Å². The molecule has 0 atom stereocenters. The summed E-state index contributed by atoms with van der Waals surface area (Å²) in [6, 6.07) is 8.25. The van der Waals surface area contributed by atoms with E-state index in [0.717, 1.165) is 41.1 Å². The molecule has 1 heterocycles. The molecule has 0 radical (unpaired) electrons. The van der Waals surface area contributed by atoms with Crippen molar-refractivity contribution in [1.29, 1.82) is 0 Å². The average molecular weight is 286 g/mol. The third-order valence-electron chi connectivity index (χ3n) is 3.86. The number of fused-ring (bicyclic) bond motifs is 1. The minimum absolute atomic E-state index is 0.0869. The molecule has 0 aliphatic heterocycles. The second-order valence-electron chi connectivity index (χ2n) is 6.67. The Morgan fingerprint density at radius 2 is 1.90 bits per heavy atom. The summed E-state index contributed by atoms with van der Waals surface area (Å²) in [7, 11) is 0. The van der Waals surface area contributed by atoms with Gasteiger partial charge >= 0.3 is 0 Å². The van der Waals surface area contributed by atoms with Gasteiger partial charge < -0.3 is 4.42 Å². The zero-order valence-electron chi connectivity index (χ0n) is 13.6. The molecule has 2 heteroatoms. The number of hydrogen-bond acceptors (Lipinski definition) is 2. The third-order valence-corrected chi connectivity index (χ3v) is 3.86. The van der Waals surface area contributed by atoms with Crippen LogP contribution in [0.5, 0.6) is 0 Å². The van der Waals surface area contributed by atoms with Gasteiger partial charge in [-0.05, 0) is 30.0 Å². The number of carbonyl (C=O) groups is 1. The van der Waals surface area contributed by atoms with Gasteiger partial charge in [-0.3, -0.25) is 4.79 Å². The van der Waals surface area contributed by atoms with Crippen LogP contribution in [0.3, 0.4) is 0 Å². The molecule has 2 rings (SSSR count). The molecule has 1 aromatic carbocycles. The Kier molecular flexibility index (Phi) is 5.22. The topological polar surface area (TPSA) is 30.2 Å². The summed E-state index contributed by atoms with van der Waals surface area (Å²) >= 11 is 0. The van der Waals surface area contributed by atoms with Crippen LogP contribution in [0.2, 0.25) is 0 Å². The van der Waals surface area contributed by atoms with Gasteiger partial charge in [0.15, 0.2) is 0 Å². The maximum Gasteiger partial charge on any atom is 0.139 e. The van der Waals surface area contributed by atoms with Crippen molar-refractivity contribution in [3.05, 3.63) is 35.6 Å². The maximum atomic E-state index is 11.8. The molecule has 0 saturated carbocycles. The van der Waals surface area contributed by atoms with Crippen molar-refractivity contribution in [1.82, 2.24) is 0 Å². The number of ketones is 1. The molecule has 0 aliphatic rings. The normalized spacial score (nSPS) is 11.7. The average Bonchev–Trinajstić information content (AvgIpc) is 2.80. The molecule has 0 amide bonds. The SMILES string of the molecule is CC(C)CCCc1cc2ccc(CC(=O)C(C)C)cc2o1. The number of carbonyl (C=O) groups excluding carboxylic acids is 1. The molecule has 2 aromatic rings. The molecule has 1 aromatic heterocycles.